The Bertz CT molecular complexity index is 1330. The standard InChI is InChI=1S/C22H19ClFN3O2S/c1-3-9-27(11-18-25-16-10-13(23)7-8-14(16)21(28)26-18)22(29)20-12(2)19-15(24)5-4-6-17(19)30-20/h4-8,10H,3,9,11H2,1-2H3,(H,25,26,28). The number of thiophene rings is 1. The number of fused-ring (bicyclic) bond motifs is 2. The minimum Gasteiger partial charge on any atom is -0.330 e. The van der Waals surface area contributed by atoms with Crippen molar-refractivity contribution < 1.29 is 9.18 Å². The highest BCUT2D eigenvalue weighted by atomic mass is 35.5. The number of carbonyl (C=O) groups excluding carboxylic acids is 1. The molecular formula is C22H19ClFN3O2S. The molecule has 0 unspecified atom stereocenters. The van der Waals surface area contributed by atoms with Gasteiger partial charge < -0.3 is 9.88 Å². The van der Waals surface area contributed by atoms with E-state index in [1.54, 1.807) is 36.1 Å². The quantitative estimate of drug-likeness (QED) is 0.455. The van der Waals surface area contributed by atoms with Gasteiger partial charge in [-0.2, -0.15) is 0 Å². The summed E-state index contributed by atoms with van der Waals surface area (Å²) in [6.07, 6.45) is 0.730. The van der Waals surface area contributed by atoms with Crippen molar-refractivity contribution in [1.82, 2.24) is 14.9 Å². The lowest BCUT2D eigenvalue weighted by Crippen LogP contribution is -2.32. The summed E-state index contributed by atoms with van der Waals surface area (Å²) < 4.78 is 15.0. The molecule has 0 aliphatic heterocycles. The molecule has 0 aliphatic carbocycles. The predicted octanol–water partition coefficient (Wildman–Crippen LogP) is 5.29. The molecule has 0 saturated carbocycles. The van der Waals surface area contributed by atoms with Crippen molar-refractivity contribution in [3.63, 3.8) is 0 Å². The lowest BCUT2D eigenvalue weighted by Gasteiger charge is -2.21. The number of aromatic nitrogens is 2. The van der Waals surface area contributed by atoms with Crippen LogP contribution in [0.5, 0.6) is 0 Å². The number of halogens is 2. The maximum atomic E-state index is 14.3. The number of rotatable bonds is 5. The number of hydrogen-bond donors (Lipinski definition) is 1. The number of carbonyl (C=O) groups is 1. The summed E-state index contributed by atoms with van der Waals surface area (Å²) >= 11 is 7.31. The number of nitrogens with one attached hydrogen (secondary N) is 1. The minimum absolute atomic E-state index is 0.139. The third-order valence-corrected chi connectivity index (χ3v) is 6.42. The third kappa shape index (κ3) is 3.70. The molecule has 154 valence electrons. The molecule has 2 heterocycles. The molecule has 0 spiro atoms. The number of aryl methyl sites for hydroxylation is 1. The fourth-order valence-electron chi connectivity index (χ4n) is 3.54. The number of benzene rings is 2. The van der Waals surface area contributed by atoms with Crippen LogP contribution >= 0.6 is 22.9 Å². The van der Waals surface area contributed by atoms with E-state index in [2.05, 4.69) is 9.97 Å². The predicted molar refractivity (Wildman–Crippen MR) is 119 cm³/mol. The Labute approximate surface area is 181 Å². The Morgan fingerprint density at radius 2 is 2.10 bits per heavy atom. The molecule has 2 aromatic heterocycles. The summed E-state index contributed by atoms with van der Waals surface area (Å²) in [5, 5.41) is 1.40. The van der Waals surface area contributed by atoms with Gasteiger partial charge in [0.05, 0.1) is 22.3 Å². The maximum Gasteiger partial charge on any atom is 0.264 e. The van der Waals surface area contributed by atoms with Crippen molar-refractivity contribution in [3.8, 4) is 0 Å². The van der Waals surface area contributed by atoms with Gasteiger partial charge in [0.15, 0.2) is 0 Å². The lowest BCUT2D eigenvalue weighted by atomic mass is 10.1. The molecule has 1 N–H and O–H groups in total. The molecule has 8 heteroatoms. The van der Waals surface area contributed by atoms with Crippen molar-refractivity contribution in [2.45, 2.75) is 26.8 Å². The summed E-state index contributed by atoms with van der Waals surface area (Å²) in [6, 6.07) is 9.73. The van der Waals surface area contributed by atoms with Crippen LogP contribution in [-0.4, -0.2) is 27.3 Å². The molecule has 0 fully saturated rings. The van der Waals surface area contributed by atoms with E-state index in [9.17, 15) is 14.0 Å². The van der Waals surface area contributed by atoms with Crippen LogP contribution in [0, 0.1) is 12.7 Å². The summed E-state index contributed by atoms with van der Waals surface area (Å²) in [7, 11) is 0. The first-order valence-electron chi connectivity index (χ1n) is 9.54. The van der Waals surface area contributed by atoms with Crippen LogP contribution in [-0.2, 0) is 6.54 Å². The largest absolute Gasteiger partial charge is 0.330 e. The van der Waals surface area contributed by atoms with Crippen LogP contribution in [0.25, 0.3) is 21.0 Å². The van der Waals surface area contributed by atoms with E-state index in [1.165, 1.54) is 17.4 Å². The molecule has 0 atom stereocenters. The van der Waals surface area contributed by atoms with Gasteiger partial charge in [0.2, 0.25) is 0 Å². The van der Waals surface area contributed by atoms with Crippen molar-refractivity contribution in [3.05, 3.63) is 73.9 Å². The molecule has 0 saturated heterocycles. The number of H-pyrrole nitrogens is 1. The van der Waals surface area contributed by atoms with Gasteiger partial charge in [-0.1, -0.05) is 24.6 Å². The average molecular weight is 444 g/mol. The third-order valence-electron chi connectivity index (χ3n) is 4.94. The first-order chi connectivity index (χ1) is 14.4. The Kier molecular flexibility index (Phi) is 5.58. The fourth-order valence-corrected chi connectivity index (χ4v) is 4.90. The average Bonchev–Trinajstić information content (AvgIpc) is 3.04. The van der Waals surface area contributed by atoms with Gasteiger partial charge in [-0.05, 0) is 49.2 Å². The molecule has 30 heavy (non-hydrogen) atoms. The Morgan fingerprint density at radius 1 is 1.30 bits per heavy atom. The van der Waals surface area contributed by atoms with E-state index in [-0.39, 0.29) is 23.8 Å². The van der Waals surface area contributed by atoms with E-state index >= 15 is 0 Å². The van der Waals surface area contributed by atoms with E-state index < -0.39 is 0 Å². The van der Waals surface area contributed by atoms with Crippen molar-refractivity contribution in [2.75, 3.05) is 6.54 Å². The molecular weight excluding hydrogens is 425 g/mol. The molecule has 5 nitrogen and oxygen atoms in total. The molecule has 4 rings (SSSR count). The second kappa shape index (κ2) is 8.16. The van der Waals surface area contributed by atoms with Crippen molar-refractivity contribution in [2.24, 2.45) is 0 Å². The fraction of sp³-hybridized carbons (Fsp3) is 0.227. The van der Waals surface area contributed by atoms with E-state index in [4.69, 9.17) is 11.6 Å². The molecule has 2 aromatic carbocycles. The number of nitrogens with zero attached hydrogens (tertiary/aromatic N) is 2. The SMILES string of the molecule is CCCN(Cc1nc2cc(Cl)ccc2c(=O)[nH]1)C(=O)c1sc2cccc(F)c2c1C. The molecule has 1 amide bonds. The first kappa shape index (κ1) is 20.5. The van der Waals surface area contributed by atoms with Gasteiger partial charge >= 0.3 is 0 Å². The van der Waals surface area contributed by atoms with Crippen molar-refractivity contribution >= 4 is 49.8 Å². The second-order valence-corrected chi connectivity index (χ2v) is 8.56. The minimum atomic E-state index is -0.334. The molecule has 0 radical (unpaired) electrons. The Balaban J connectivity index is 1.72. The van der Waals surface area contributed by atoms with Crippen LogP contribution < -0.4 is 5.56 Å². The van der Waals surface area contributed by atoms with E-state index in [1.807, 2.05) is 13.0 Å². The molecule has 0 bridgehead atoms. The van der Waals surface area contributed by atoms with Gasteiger partial charge in [0, 0.05) is 21.7 Å². The number of aromatic amines is 1. The second-order valence-electron chi connectivity index (χ2n) is 7.07. The first-order valence-corrected chi connectivity index (χ1v) is 10.7. The van der Waals surface area contributed by atoms with E-state index in [0.717, 1.165) is 11.1 Å². The topological polar surface area (TPSA) is 66.1 Å². The zero-order chi connectivity index (χ0) is 21.4. The van der Waals surface area contributed by atoms with Gasteiger partial charge in [-0.3, -0.25) is 9.59 Å². The van der Waals surface area contributed by atoms with Gasteiger partial charge in [-0.25, -0.2) is 9.37 Å². The molecule has 4 aromatic rings. The Morgan fingerprint density at radius 3 is 2.83 bits per heavy atom. The van der Waals surface area contributed by atoms with Crippen LogP contribution in [0.2, 0.25) is 5.02 Å². The van der Waals surface area contributed by atoms with Crippen LogP contribution in [0.3, 0.4) is 0 Å². The van der Waals surface area contributed by atoms with Gasteiger partial charge in [0.1, 0.15) is 11.6 Å². The summed E-state index contributed by atoms with van der Waals surface area (Å²) in [6.45, 7) is 4.35. The summed E-state index contributed by atoms with van der Waals surface area (Å²) in [5.41, 5.74) is 0.826. The highest BCUT2D eigenvalue weighted by Crippen LogP contribution is 2.33. The smallest absolute Gasteiger partial charge is 0.264 e. The zero-order valence-corrected chi connectivity index (χ0v) is 18.0. The number of hydrogen-bond acceptors (Lipinski definition) is 4. The Hall–Kier alpha value is -2.77. The zero-order valence-electron chi connectivity index (χ0n) is 16.5. The molecule has 0 aliphatic rings. The monoisotopic (exact) mass is 443 g/mol. The summed E-state index contributed by atoms with van der Waals surface area (Å²) in [4.78, 5) is 35.1. The van der Waals surface area contributed by atoms with Gasteiger partial charge in [0.25, 0.3) is 11.5 Å². The lowest BCUT2D eigenvalue weighted by molar-refractivity contribution is 0.0743. The van der Waals surface area contributed by atoms with Gasteiger partial charge in [-0.15, -0.1) is 11.3 Å². The van der Waals surface area contributed by atoms with E-state index in [0.29, 0.717) is 44.1 Å². The number of amides is 1. The normalized spacial score (nSPS) is 11.3. The highest BCUT2D eigenvalue weighted by Gasteiger charge is 2.23. The summed E-state index contributed by atoms with van der Waals surface area (Å²) in [5.74, 6) is -0.162. The highest BCUT2D eigenvalue weighted by molar-refractivity contribution is 7.21. The van der Waals surface area contributed by atoms with Crippen LogP contribution in [0.4, 0.5) is 4.39 Å². The maximum absolute atomic E-state index is 14.3. The van der Waals surface area contributed by atoms with Crippen LogP contribution in [0.1, 0.15) is 34.4 Å². The van der Waals surface area contributed by atoms with Crippen molar-refractivity contribution in [1.29, 1.82) is 0 Å². The van der Waals surface area contributed by atoms with Crippen LogP contribution in [0.15, 0.2) is 41.2 Å².